The summed E-state index contributed by atoms with van der Waals surface area (Å²) in [6.45, 7) is 7.80. The number of benzene rings is 5. The first kappa shape index (κ1) is 24.7. The van der Waals surface area contributed by atoms with Gasteiger partial charge in [0.05, 0.1) is 29.1 Å². The zero-order valence-corrected chi connectivity index (χ0v) is 24.5. The van der Waals surface area contributed by atoms with Crippen LogP contribution in [0.1, 0.15) is 26.3 Å². The highest BCUT2D eigenvalue weighted by molar-refractivity contribution is 6.67. The standard InChI is InChI=1S/C36H33N3Si/c1-36(2,3)25-20-27(38-24-37(4)34-16-10-11-17-35(34)38)22-29(21-25)40-28-18-19-33-31(23-28)30-14-8-9-15-32(30)39(33)26-12-6-5-7-13-26/h5-23H,24H2,1-4H3. The summed E-state index contributed by atoms with van der Waals surface area (Å²) in [5.41, 5.74) is 8.97. The Bertz CT molecular complexity index is 1860. The first-order chi connectivity index (χ1) is 19.4. The van der Waals surface area contributed by atoms with Crippen molar-refractivity contribution in [2.45, 2.75) is 26.2 Å². The van der Waals surface area contributed by atoms with Gasteiger partial charge in [-0.1, -0.05) is 97.9 Å². The van der Waals surface area contributed by atoms with Gasteiger partial charge in [-0.3, -0.25) is 0 Å². The summed E-state index contributed by atoms with van der Waals surface area (Å²) in [4.78, 5) is 4.78. The van der Waals surface area contributed by atoms with Gasteiger partial charge in [0.2, 0.25) is 0 Å². The van der Waals surface area contributed by atoms with Gasteiger partial charge in [-0.15, -0.1) is 0 Å². The lowest BCUT2D eigenvalue weighted by atomic mass is 9.87. The molecule has 0 N–H and O–H groups in total. The Balaban J connectivity index is 1.33. The largest absolute Gasteiger partial charge is 0.355 e. The number of aromatic nitrogens is 1. The fraction of sp³-hybridized carbons (Fsp3) is 0.167. The zero-order chi connectivity index (χ0) is 27.4. The molecule has 5 aromatic carbocycles. The molecular formula is C36H33N3Si. The topological polar surface area (TPSA) is 11.4 Å². The van der Waals surface area contributed by atoms with Crippen LogP contribution in [0, 0.1) is 0 Å². The van der Waals surface area contributed by atoms with Crippen molar-refractivity contribution >= 4 is 58.8 Å². The van der Waals surface area contributed by atoms with E-state index < -0.39 is 0 Å². The molecule has 1 aromatic heterocycles. The van der Waals surface area contributed by atoms with E-state index in [1.54, 1.807) is 0 Å². The van der Waals surface area contributed by atoms with Crippen LogP contribution in [0.5, 0.6) is 0 Å². The molecule has 1 aliphatic heterocycles. The van der Waals surface area contributed by atoms with E-state index in [1.807, 2.05) is 0 Å². The zero-order valence-electron chi connectivity index (χ0n) is 23.5. The van der Waals surface area contributed by atoms with E-state index in [4.69, 9.17) is 0 Å². The Morgan fingerprint density at radius 2 is 1.30 bits per heavy atom. The van der Waals surface area contributed by atoms with Gasteiger partial charge in [-0.25, -0.2) is 0 Å². The molecule has 0 unspecified atom stereocenters. The second-order valence-corrected chi connectivity index (χ2v) is 13.2. The van der Waals surface area contributed by atoms with E-state index in [-0.39, 0.29) is 5.41 Å². The number of hydrogen-bond acceptors (Lipinski definition) is 2. The minimum absolute atomic E-state index is 0.0629. The predicted octanol–water partition coefficient (Wildman–Crippen LogP) is 7.28. The van der Waals surface area contributed by atoms with Gasteiger partial charge in [-0.2, -0.15) is 0 Å². The fourth-order valence-electron chi connectivity index (χ4n) is 5.95. The maximum atomic E-state index is 2.45. The van der Waals surface area contributed by atoms with Crippen LogP contribution in [0.3, 0.4) is 0 Å². The van der Waals surface area contributed by atoms with E-state index in [9.17, 15) is 0 Å². The predicted molar refractivity (Wildman–Crippen MR) is 173 cm³/mol. The molecule has 2 heterocycles. The number of fused-ring (bicyclic) bond motifs is 4. The molecule has 0 bridgehead atoms. The van der Waals surface area contributed by atoms with Crippen molar-refractivity contribution in [3.05, 3.63) is 121 Å². The van der Waals surface area contributed by atoms with Gasteiger partial charge in [0.1, 0.15) is 9.52 Å². The smallest absolute Gasteiger partial charge is 0.121 e. The summed E-state index contributed by atoms with van der Waals surface area (Å²) in [5.74, 6) is 0. The second kappa shape index (κ2) is 9.42. The van der Waals surface area contributed by atoms with E-state index in [0.717, 1.165) is 6.67 Å². The highest BCUT2D eigenvalue weighted by Crippen LogP contribution is 2.40. The maximum Gasteiger partial charge on any atom is 0.121 e. The average molecular weight is 536 g/mol. The van der Waals surface area contributed by atoms with E-state index >= 15 is 0 Å². The van der Waals surface area contributed by atoms with Crippen molar-refractivity contribution in [3.8, 4) is 5.69 Å². The monoisotopic (exact) mass is 535 g/mol. The Morgan fingerprint density at radius 3 is 2.10 bits per heavy atom. The Kier molecular flexibility index (Phi) is 5.83. The van der Waals surface area contributed by atoms with Crippen molar-refractivity contribution < 1.29 is 0 Å². The first-order valence-electron chi connectivity index (χ1n) is 14.0. The lowest BCUT2D eigenvalue weighted by molar-refractivity contribution is 0.590. The molecule has 3 nitrogen and oxygen atoms in total. The number of hydrogen-bond donors (Lipinski definition) is 0. The van der Waals surface area contributed by atoms with E-state index in [1.165, 1.54) is 60.5 Å². The minimum Gasteiger partial charge on any atom is -0.355 e. The van der Waals surface area contributed by atoms with Gasteiger partial charge < -0.3 is 14.4 Å². The van der Waals surface area contributed by atoms with Crippen LogP contribution in [-0.2, 0) is 5.41 Å². The van der Waals surface area contributed by atoms with Crippen molar-refractivity contribution in [3.63, 3.8) is 0 Å². The van der Waals surface area contributed by atoms with Crippen LogP contribution in [0.2, 0.25) is 0 Å². The molecule has 0 fully saturated rings. The molecule has 0 saturated heterocycles. The van der Waals surface area contributed by atoms with E-state index in [0.29, 0.717) is 9.52 Å². The van der Waals surface area contributed by atoms with Gasteiger partial charge in [0.15, 0.2) is 0 Å². The SMILES string of the molecule is CN1CN(c2cc([Si]c3ccc4c(c3)c3ccccc3n4-c3ccccc3)cc(C(C)(C)C)c2)c2ccccc21. The number of anilines is 3. The fourth-order valence-corrected chi connectivity index (χ4v) is 7.11. The molecule has 0 aliphatic carbocycles. The van der Waals surface area contributed by atoms with Crippen LogP contribution in [-0.4, -0.2) is 27.8 Å². The first-order valence-corrected chi connectivity index (χ1v) is 15.0. The van der Waals surface area contributed by atoms with Crippen LogP contribution in [0.25, 0.3) is 27.5 Å². The molecule has 6 aromatic rings. The summed E-state index contributed by atoms with van der Waals surface area (Å²) in [7, 11) is 2.75. The van der Waals surface area contributed by atoms with Crippen molar-refractivity contribution in [2.75, 3.05) is 23.5 Å². The Labute approximate surface area is 239 Å². The molecule has 0 amide bonds. The molecule has 7 rings (SSSR count). The lowest BCUT2D eigenvalue weighted by Gasteiger charge is -2.26. The van der Waals surface area contributed by atoms with Crippen molar-refractivity contribution in [1.29, 1.82) is 0 Å². The molecule has 0 spiro atoms. The van der Waals surface area contributed by atoms with Crippen molar-refractivity contribution in [2.24, 2.45) is 0 Å². The highest BCUT2D eigenvalue weighted by Gasteiger charge is 2.26. The summed E-state index contributed by atoms with van der Waals surface area (Å²) in [5, 5.41) is 5.35. The quantitative estimate of drug-likeness (QED) is 0.220. The Hall–Kier alpha value is -4.28. The summed E-state index contributed by atoms with van der Waals surface area (Å²) < 4.78 is 2.39. The van der Waals surface area contributed by atoms with Crippen LogP contribution in [0.15, 0.2) is 115 Å². The third kappa shape index (κ3) is 4.20. The molecule has 1 aliphatic rings. The van der Waals surface area contributed by atoms with Crippen LogP contribution in [0.4, 0.5) is 17.1 Å². The molecule has 2 radical (unpaired) electrons. The number of rotatable bonds is 4. The molecule has 40 heavy (non-hydrogen) atoms. The van der Waals surface area contributed by atoms with Gasteiger partial charge in [0, 0.05) is 29.2 Å². The second-order valence-electron chi connectivity index (χ2n) is 11.8. The third-order valence-electron chi connectivity index (χ3n) is 8.01. The van der Waals surface area contributed by atoms with Crippen molar-refractivity contribution in [1.82, 2.24) is 4.57 Å². The Morgan fingerprint density at radius 1 is 0.600 bits per heavy atom. The van der Waals surface area contributed by atoms with Gasteiger partial charge in [0.25, 0.3) is 0 Å². The number of nitrogens with zero attached hydrogens (tertiary/aromatic N) is 3. The summed E-state index contributed by atoms with van der Waals surface area (Å²) >= 11 is 0. The van der Waals surface area contributed by atoms with E-state index in [2.05, 4.69) is 157 Å². The molecule has 0 saturated carbocycles. The molecular weight excluding hydrogens is 503 g/mol. The normalized spacial score (nSPS) is 13.4. The highest BCUT2D eigenvalue weighted by atomic mass is 28.2. The van der Waals surface area contributed by atoms with Gasteiger partial charge >= 0.3 is 0 Å². The van der Waals surface area contributed by atoms with Crippen LogP contribution >= 0.6 is 0 Å². The molecule has 4 heteroatoms. The average Bonchev–Trinajstić information content (AvgIpc) is 3.48. The summed E-state index contributed by atoms with van der Waals surface area (Å²) in [6.07, 6.45) is 0. The molecule has 196 valence electrons. The maximum absolute atomic E-state index is 2.45. The van der Waals surface area contributed by atoms with Crippen LogP contribution < -0.4 is 20.2 Å². The number of para-hydroxylation sites is 4. The third-order valence-corrected chi connectivity index (χ3v) is 9.19. The molecule has 0 atom stereocenters. The minimum atomic E-state index is 0.0629. The lowest BCUT2D eigenvalue weighted by Crippen LogP contribution is -2.31. The van der Waals surface area contributed by atoms with Gasteiger partial charge in [-0.05, 0) is 59.5 Å². The summed E-state index contributed by atoms with van der Waals surface area (Å²) in [6, 6.07) is 42.4.